The van der Waals surface area contributed by atoms with Crippen molar-refractivity contribution in [2.75, 3.05) is 25.1 Å². The number of carboxylic acids is 1. The Balaban J connectivity index is 1.76. The zero-order valence-electron chi connectivity index (χ0n) is 17.7. The van der Waals surface area contributed by atoms with E-state index in [4.69, 9.17) is 14.6 Å². The van der Waals surface area contributed by atoms with Crippen LogP contribution in [-0.4, -0.2) is 52.8 Å². The summed E-state index contributed by atoms with van der Waals surface area (Å²) in [5, 5.41) is 10.8. The highest BCUT2D eigenvalue weighted by Gasteiger charge is 2.36. The van der Waals surface area contributed by atoms with Gasteiger partial charge in [0.25, 0.3) is 11.1 Å². The van der Waals surface area contributed by atoms with Crippen molar-refractivity contribution in [3.8, 4) is 11.5 Å². The molecule has 2 aromatic rings. The minimum Gasteiger partial charge on any atom is -0.490 e. The normalized spacial score (nSPS) is 14.4. The lowest BCUT2D eigenvalue weighted by Gasteiger charge is -2.14. The Morgan fingerprint density at radius 3 is 2.56 bits per heavy atom. The lowest BCUT2D eigenvalue weighted by molar-refractivity contribution is -0.139. The van der Waals surface area contributed by atoms with Crippen LogP contribution in [0.25, 0.3) is 6.08 Å². The summed E-state index contributed by atoms with van der Waals surface area (Å²) in [6, 6.07) is 8.29. The Morgan fingerprint density at radius 1 is 1.21 bits per heavy atom. The van der Waals surface area contributed by atoms with Crippen molar-refractivity contribution < 1.29 is 38.1 Å². The van der Waals surface area contributed by atoms with Crippen LogP contribution < -0.4 is 14.8 Å². The highest BCUT2D eigenvalue weighted by atomic mass is 127. The van der Waals surface area contributed by atoms with Gasteiger partial charge in [0.1, 0.15) is 12.4 Å². The van der Waals surface area contributed by atoms with Gasteiger partial charge in [0.05, 0.1) is 15.1 Å². The van der Waals surface area contributed by atoms with Crippen LogP contribution in [0.2, 0.25) is 0 Å². The second-order valence-electron chi connectivity index (χ2n) is 6.77. The third-order valence-corrected chi connectivity index (χ3v) is 5.98. The number of anilines is 1. The minimum absolute atomic E-state index is 0.108. The summed E-state index contributed by atoms with van der Waals surface area (Å²) < 4.78 is 24.4. The molecule has 1 aliphatic rings. The molecule has 178 valence electrons. The fraction of sp³-hybridized carbons (Fsp3) is 0.182. The van der Waals surface area contributed by atoms with Crippen LogP contribution >= 0.6 is 34.4 Å². The van der Waals surface area contributed by atoms with Crippen LogP contribution in [0, 0.1) is 9.39 Å². The molecule has 0 radical (unpaired) electrons. The first-order chi connectivity index (χ1) is 16.2. The molecule has 1 saturated heterocycles. The molecule has 1 aliphatic heterocycles. The van der Waals surface area contributed by atoms with Crippen molar-refractivity contribution >= 4 is 69.1 Å². The van der Waals surface area contributed by atoms with Crippen molar-refractivity contribution in [1.82, 2.24) is 4.90 Å². The van der Waals surface area contributed by atoms with Gasteiger partial charge < -0.3 is 19.9 Å². The first-order valence-electron chi connectivity index (χ1n) is 9.79. The average molecular weight is 600 g/mol. The highest BCUT2D eigenvalue weighted by molar-refractivity contribution is 14.1. The molecule has 1 fully saturated rings. The van der Waals surface area contributed by atoms with E-state index in [2.05, 4.69) is 5.32 Å². The topological polar surface area (TPSA) is 122 Å². The maximum Gasteiger partial charge on any atom is 0.341 e. The molecule has 0 spiro atoms. The second kappa shape index (κ2) is 11.3. The zero-order chi connectivity index (χ0) is 24.8. The number of nitrogens with one attached hydrogen (secondary N) is 1. The molecule has 0 aromatic heterocycles. The molecule has 0 atom stereocenters. The molecule has 2 N–H and O–H groups in total. The Labute approximate surface area is 211 Å². The Morgan fingerprint density at radius 2 is 1.91 bits per heavy atom. The number of ether oxygens (including phenoxy) is 2. The number of thioether (sulfide) groups is 1. The molecule has 0 saturated carbocycles. The molecular weight excluding hydrogens is 582 g/mol. The molecule has 0 aliphatic carbocycles. The van der Waals surface area contributed by atoms with E-state index in [9.17, 15) is 23.6 Å². The van der Waals surface area contributed by atoms with E-state index in [1.807, 2.05) is 22.6 Å². The largest absolute Gasteiger partial charge is 0.490 e. The van der Waals surface area contributed by atoms with Crippen molar-refractivity contribution in [3.05, 3.63) is 56.3 Å². The maximum atomic E-state index is 13.0. The summed E-state index contributed by atoms with van der Waals surface area (Å²) in [4.78, 5) is 49.1. The number of carbonyl (C=O) groups excluding carboxylic acids is 3. The van der Waals surface area contributed by atoms with Crippen LogP contribution in [-0.2, 0) is 14.4 Å². The maximum absolute atomic E-state index is 13.0. The van der Waals surface area contributed by atoms with E-state index >= 15 is 0 Å². The van der Waals surface area contributed by atoms with Gasteiger partial charge in [0.2, 0.25) is 5.91 Å². The Bertz CT molecular complexity index is 1170. The predicted molar refractivity (Wildman–Crippen MR) is 131 cm³/mol. The molecule has 12 heteroatoms. The third kappa shape index (κ3) is 6.47. The van der Waals surface area contributed by atoms with Crippen molar-refractivity contribution in [3.63, 3.8) is 0 Å². The fourth-order valence-electron chi connectivity index (χ4n) is 2.87. The van der Waals surface area contributed by atoms with Gasteiger partial charge >= 0.3 is 5.97 Å². The van der Waals surface area contributed by atoms with Crippen molar-refractivity contribution in [2.24, 2.45) is 0 Å². The number of amides is 3. The summed E-state index contributed by atoms with van der Waals surface area (Å²) in [6.07, 6.45) is 1.48. The SMILES string of the molecule is CCOc1cc(/C=C2\SC(=O)N(CC(=O)Nc3ccc(F)cc3)C2=O)cc(I)c1OCC(=O)O. The zero-order valence-corrected chi connectivity index (χ0v) is 20.6. The standard InChI is InChI=1S/C22H18FIN2O7S/c1-2-32-16-8-12(7-15(24)20(16)33-11-19(28)29)9-17-21(30)26(22(31)34-17)10-18(27)25-14-5-3-13(23)4-6-14/h3-9H,2,10-11H2,1H3,(H,25,27)(H,28,29)/b17-9-. The third-order valence-electron chi connectivity index (χ3n) is 4.27. The minimum atomic E-state index is -1.14. The number of imide groups is 1. The van der Waals surface area contributed by atoms with Gasteiger partial charge in [0.15, 0.2) is 18.1 Å². The van der Waals surface area contributed by atoms with Crippen LogP contribution in [0.3, 0.4) is 0 Å². The number of benzene rings is 2. The molecule has 9 nitrogen and oxygen atoms in total. The van der Waals surface area contributed by atoms with Crippen molar-refractivity contribution in [1.29, 1.82) is 0 Å². The van der Waals surface area contributed by atoms with E-state index in [-0.39, 0.29) is 10.7 Å². The van der Waals surface area contributed by atoms with E-state index in [0.29, 0.717) is 38.9 Å². The predicted octanol–water partition coefficient (Wildman–Crippen LogP) is 3.97. The molecule has 34 heavy (non-hydrogen) atoms. The van der Waals surface area contributed by atoms with Crippen LogP contribution in [0.5, 0.6) is 11.5 Å². The molecule has 0 bridgehead atoms. The number of halogens is 2. The number of rotatable bonds is 9. The summed E-state index contributed by atoms with van der Waals surface area (Å²) in [5.41, 5.74) is 0.855. The highest BCUT2D eigenvalue weighted by Crippen LogP contribution is 2.37. The number of carboxylic acid groups (broad SMARTS) is 1. The first kappa shape index (κ1) is 25.5. The Kier molecular flexibility index (Phi) is 8.50. The molecule has 1 heterocycles. The van der Waals surface area contributed by atoms with Gasteiger partial charge in [-0.2, -0.15) is 0 Å². The first-order valence-corrected chi connectivity index (χ1v) is 11.7. The molecule has 0 unspecified atom stereocenters. The van der Waals surface area contributed by atoms with E-state index in [1.54, 1.807) is 19.1 Å². The van der Waals surface area contributed by atoms with Gasteiger partial charge in [-0.05, 0) is 89.3 Å². The van der Waals surface area contributed by atoms with Crippen LogP contribution in [0.15, 0.2) is 41.3 Å². The molecule has 3 rings (SSSR count). The lowest BCUT2D eigenvalue weighted by atomic mass is 10.2. The molecule has 2 aromatic carbocycles. The summed E-state index contributed by atoms with van der Waals surface area (Å²) in [6.45, 7) is 1.00. The summed E-state index contributed by atoms with van der Waals surface area (Å²) >= 11 is 2.64. The van der Waals surface area contributed by atoms with Gasteiger partial charge in [0, 0.05) is 5.69 Å². The van der Waals surface area contributed by atoms with Gasteiger partial charge in [-0.15, -0.1) is 0 Å². The molecular formula is C22H18FIN2O7S. The smallest absolute Gasteiger partial charge is 0.341 e. The second-order valence-corrected chi connectivity index (χ2v) is 8.92. The monoisotopic (exact) mass is 600 g/mol. The Hall–Kier alpha value is -3.13. The van der Waals surface area contributed by atoms with Crippen molar-refractivity contribution in [2.45, 2.75) is 6.92 Å². The van der Waals surface area contributed by atoms with Crippen LogP contribution in [0.4, 0.5) is 14.9 Å². The van der Waals surface area contributed by atoms with Gasteiger partial charge in [-0.3, -0.25) is 19.3 Å². The molecule has 3 amide bonds. The van der Waals surface area contributed by atoms with E-state index < -0.39 is 42.0 Å². The van der Waals surface area contributed by atoms with E-state index in [0.717, 1.165) is 4.90 Å². The summed E-state index contributed by atoms with van der Waals surface area (Å²) in [7, 11) is 0. The number of aliphatic carboxylic acids is 1. The fourth-order valence-corrected chi connectivity index (χ4v) is 4.49. The number of hydrogen-bond acceptors (Lipinski definition) is 7. The van der Waals surface area contributed by atoms with Crippen LogP contribution in [0.1, 0.15) is 12.5 Å². The van der Waals surface area contributed by atoms with Gasteiger partial charge in [-0.25, -0.2) is 9.18 Å². The number of carbonyl (C=O) groups is 4. The number of nitrogens with zero attached hydrogens (tertiary/aromatic N) is 1. The van der Waals surface area contributed by atoms with E-state index in [1.165, 1.54) is 30.3 Å². The van der Waals surface area contributed by atoms with Gasteiger partial charge in [-0.1, -0.05) is 0 Å². The number of hydrogen-bond donors (Lipinski definition) is 2. The lowest BCUT2D eigenvalue weighted by Crippen LogP contribution is -2.36. The quantitative estimate of drug-likeness (QED) is 0.328. The average Bonchev–Trinajstić information content (AvgIpc) is 3.02. The summed E-state index contributed by atoms with van der Waals surface area (Å²) in [5.74, 6) is -2.30.